The van der Waals surface area contributed by atoms with Crippen molar-refractivity contribution in [2.75, 3.05) is 51.3 Å². The predicted molar refractivity (Wildman–Crippen MR) is 125 cm³/mol. The van der Waals surface area contributed by atoms with Gasteiger partial charge in [0.2, 0.25) is 5.91 Å². The van der Waals surface area contributed by atoms with Crippen LogP contribution < -0.4 is 15.4 Å². The number of β-amino-alcohol motifs (C(OH)–C–C–N with tert-alkyl or cyclic N) is 1. The highest BCUT2D eigenvalue weighted by molar-refractivity contribution is 8.00. The number of aromatic nitrogens is 1. The second kappa shape index (κ2) is 11.5. The molecule has 2 heterocycles. The number of methoxy groups -OCH3 is 1. The van der Waals surface area contributed by atoms with Gasteiger partial charge in [0.25, 0.3) is 0 Å². The van der Waals surface area contributed by atoms with E-state index in [2.05, 4.69) is 17.0 Å². The van der Waals surface area contributed by atoms with Crippen molar-refractivity contribution in [3.8, 4) is 17.9 Å². The van der Waals surface area contributed by atoms with Gasteiger partial charge in [0.05, 0.1) is 13.7 Å². The van der Waals surface area contributed by atoms with Crippen molar-refractivity contribution in [1.29, 1.82) is 10.5 Å². The van der Waals surface area contributed by atoms with Crippen molar-refractivity contribution in [3.05, 3.63) is 47.0 Å². The number of benzene rings is 1. The molecule has 0 spiro atoms. The van der Waals surface area contributed by atoms with Crippen LogP contribution in [0.2, 0.25) is 0 Å². The standard InChI is InChI=1S/C23H26N6O3S/c1-32-19-17(14-24)22(29-9-5-8-28(10-11-29)12-13-30)27-23(18(19)15-25)33-20(21(26)31)16-6-3-2-4-7-16/h2-4,6-7,20,30H,5,8-13H2,1H3,(H2,26,31). The van der Waals surface area contributed by atoms with E-state index >= 15 is 0 Å². The molecule has 1 fully saturated rings. The molecule has 1 amide bonds. The van der Waals surface area contributed by atoms with E-state index in [1.54, 1.807) is 12.1 Å². The van der Waals surface area contributed by atoms with E-state index in [0.717, 1.165) is 24.7 Å². The number of pyridine rings is 1. The average molecular weight is 467 g/mol. The largest absolute Gasteiger partial charge is 0.494 e. The molecular weight excluding hydrogens is 440 g/mol. The Labute approximate surface area is 197 Å². The van der Waals surface area contributed by atoms with Crippen LogP contribution in [0.1, 0.15) is 28.4 Å². The summed E-state index contributed by atoms with van der Waals surface area (Å²) in [6.07, 6.45) is 0.825. The Hall–Kier alpha value is -3.31. The zero-order valence-corrected chi connectivity index (χ0v) is 19.2. The first-order valence-corrected chi connectivity index (χ1v) is 11.4. The Morgan fingerprint density at radius 2 is 1.94 bits per heavy atom. The lowest BCUT2D eigenvalue weighted by atomic mass is 10.1. The Morgan fingerprint density at radius 1 is 1.21 bits per heavy atom. The topological polar surface area (TPSA) is 139 Å². The first-order valence-electron chi connectivity index (χ1n) is 10.5. The average Bonchev–Trinajstić information content (AvgIpc) is 3.07. The molecule has 1 saturated heterocycles. The molecular formula is C23H26N6O3S. The van der Waals surface area contributed by atoms with Crippen molar-refractivity contribution in [2.45, 2.75) is 16.7 Å². The van der Waals surface area contributed by atoms with E-state index in [-0.39, 0.29) is 28.5 Å². The number of aliphatic hydroxyl groups is 1. The number of anilines is 1. The summed E-state index contributed by atoms with van der Waals surface area (Å²) in [6, 6.07) is 13.3. The number of aliphatic hydroxyl groups excluding tert-OH is 1. The zero-order chi connectivity index (χ0) is 23.8. The second-order valence-corrected chi connectivity index (χ2v) is 8.56. The summed E-state index contributed by atoms with van der Waals surface area (Å²) in [6.45, 7) is 3.44. The van der Waals surface area contributed by atoms with Crippen molar-refractivity contribution >= 4 is 23.5 Å². The minimum absolute atomic E-state index is 0.0845. The number of thioether (sulfide) groups is 1. The molecule has 3 rings (SSSR count). The van der Waals surface area contributed by atoms with E-state index in [0.29, 0.717) is 37.6 Å². The normalized spacial score (nSPS) is 15.2. The molecule has 0 radical (unpaired) electrons. The van der Waals surface area contributed by atoms with Crippen molar-refractivity contribution in [2.24, 2.45) is 5.73 Å². The number of hydrogen-bond donors (Lipinski definition) is 2. The summed E-state index contributed by atoms with van der Waals surface area (Å²) in [5.41, 5.74) is 6.67. The Kier molecular flexibility index (Phi) is 8.50. The van der Waals surface area contributed by atoms with E-state index < -0.39 is 11.2 Å². The molecule has 1 aliphatic rings. The van der Waals surface area contributed by atoms with Gasteiger partial charge in [-0.3, -0.25) is 9.69 Å². The summed E-state index contributed by atoms with van der Waals surface area (Å²) in [4.78, 5) is 21.1. The third-order valence-corrected chi connectivity index (χ3v) is 6.68. The number of nitrogens with two attached hydrogens (primary N) is 1. The predicted octanol–water partition coefficient (Wildman–Crippen LogP) is 1.66. The first kappa shape index (κ1) is 24.3. The summed E-state index contributed by atoms with van der Waals surface area (Å²) < 4.78 is 5.48. The number of ether oxygens (including phenoxy) is 1. The molecule has 1 unspecified atom stereocenters. The molecule has 0 aliphatic carbocycles. The van der Waals surface area contributed by atoms with E-state index in [1.165, 1.54) is 7.11 Å². The van der Waals surface area contributed by atoms with Gasteiger partial charge in [-0.2, -0.15) is 10.5 Å². The SMILES string of the molecule is COc1c(C#N)c(SC(C(N)=O)c2ccccc2)nc(N2CCCN(CCO)CC2)c1C#N. The number of carbonyl (C=O) groups is 1. The quantitative estimate of drug-likeness (QED) is 0.556. The Morgan fingerprint density at radius 3 is 2.55 bits per heavy atom. The summed E-state index contributed by atoms with van der Waals surface area (Å²) in [5.74, 6) is -0.00518. The van der Waals surface area contributed by atoms with Gasteiger partial charge in [0, 0.05) is 26.2 Å². The number of nitriles is 2. The minimum atomic E-state index is -0.763. The molecule has 1 aromatic heterocycles. The van der Waals surface area contributed by atoms with Crippen LogP contribution >= 0.6 is 11.8 Å². The zero-order valence-electron chi connectivity index (χ0n) is 18.4. The van der Waals surface area contributed by atoms with Crippen LogP contribution in [0.25, 0.3) is 0 Å². The van der Waals surface area contributed by atoms with Crippen LogP contribution in [-0.4, -0.2) is 67.3 Å². The first-order chi connectivity index (χ1) is 16.0. The van der Waals surface area contributed by atoms with Gasteiger partial charge in [-0.15, -0.1) is 0 Å². The number of amides is 1. The molecule has 3 N–H and O–H groups in total. The smallest absolute Gasteiger partial charge is 0.235 e. The molecule has 0 bridgehead atoms. The summed E-state index contributed by atoms with van der Waals surface area (Å²) in [5, 5.41) is 28.5. The van der Waals surface area contributed by atoms with Crippen molar-refractivity contribution in [3.63, 3.8) is 0 Å². The number of rotatable bonds is 8. The number of nitrogens with zero attached hydrogens (tertiary/aromatic N) is 5. The summed E-state index contributed by atoms with van der Waals surface area (Å²) >= 11 is 1.07. The molecule has 2 aromatic rings. The second-order valence-electron chi connectivity index (χ2n) is 7.46. The van der Waals surface area contributed by atoms with E-state index in [9.17, 15) is 20.4 Å². The summed E-state index contributed by atoms with van der Waals surface area (Å²) in [7, 11) is 1.41. The fourth-order valence-electron chi connectivity index (χ4n) is 3.83. The highest BCUT2D eigenvalue weighted by Gasteiger charge is 2.29. The lowest BCUT2D eigenvalue weighted by molar-refractivity contribution is -0.117. The minimum Gasteiger partial charge on any atom is -0.494 e. The lowest BCUT2D eigenvalue weighted by Gasteiger charge is -2.25. The van der Waals surface area contributed by atoms with Gasteiger partial charge in [0.1, 0.15) is 33.5 Å². The van der Waals surface area contributed by atoms with Gasteiger partial charge < -0.3 is 20.5 Å². The highest BCUT2D eigenvalue weighted by atomic mass is 32.2. The Balaban J connectivity index is 2.06. The highest BCUT2D eigenvalue weighted by Crippen LogP contribution is 2.42. The number of carbonyl (C=O) groups excluding carboxylic acids is 1. The van der Waals surface area contributed by atoms with E-state index in [4.69, 9.17) is 15.5 Å². The molecule has 1 aliphatic heterocycles. The van der Waals surface area contributed by atoms with Crippen LogP contribution in [0.3, 0.4) is 0 Å². The van der Waals surface area contributed by atoms with Crippen LogP contribution in [-0.2, 0) is 4.79 Å². The van der Waals surface area contributed by atoms with Gasteiger partial charge in [-0.1, -0.05) is 42.1 Å². The number of hydrogen-bond acceptors (Lipinski definition) is 9. The van der Waals surface area contributed by atoms with Crippen LogP contribution in [0.15, 0.2) is 35.4 Å². The molecule has 172 valence electrons. The molecule has 1 aromatic carbocycles. The Bertz CT molecular complexity index is 1070. The molecule has 33 heavy (non-hydrogen) atoms. The molecule has 9 nitrogen and oxygen atoms in total. The fourth-order valence-corrected chi connectivity index (χ4v) is 4.85. The third-order valence-electron chi connectivity index (χ3n) is 5.42. The van der Waals surface area contributed by atoms with Gasteiger partial charge in [-0.25, -0.2) is 4.98 Å². The van der Waals surface area contributed by atoms with Crippen LogP contribution in [0.5, 0.6) is 5.75 Å². The van der Waals surface area contributed by atoms with E-state index in [1.807, 2.05) is 23.1 Å². The maximum atomic E-state index is 12.3. The number of primary amides is 1. The van der Waals surface area contributed by atoms with Gasteiger partial charge in [0.15, 0.2) is 11.6 Å². The van der Waals surface area contributed by atoms with Crippen molar-refractivity contribution < 1.29 is 14.6 Å². The lowest BCUT2D eigenvalue weighted by Crippen LogP contribution is -2.33. The molecule has 0 saturated carbocycles. The maximum Gasteiger partial charge on any atom is 0.235 e. The van der Waals surface area contributed by atoms with Gasteiger partial charge >= 0.3 is 0 Å². The van der Waals surface area contributed by atoms with Gasteiger partial charge in [-0.05, 0) is 18.5 Å². The molecule has 1 atom stereocenters. The molecule has 10 heteroatoms. The van der Waals surface area contributed by atoms with Crippen LogP contribution in [0, 0.1) is 22.7 Å². The third kappa shape index (κ3) is 5.55. The monoisotopic (exact) mass is 466 g/mol. The fraction of sp³-hybridized carbons (Fsp3) is 0.391. The van der Waals surface area contributed by atoms with Crippen molar-refractivity contribution in [1.82, 2.24) is 9.88 Å². The maximum absolute atomic E-state index is 12.3. The van der Waals surface area contributed by atoms with Crippen LogP contribution in [0.4, 0.5) is 5.82 Å².